The quantitative estimate of drug-likeness (QED) is 0.725. The number of benzene rings is 1. The first-order chi connectivity index (χ1) is 8.67. The number of carbonyl (C=O) groups is 1. The molecule has 1 amide bonds. The molecule has 18 heavy (non-hydrogen) atoms. The number of hydrogen-bond donors (Lipinski definition) is 2. The van der Waals surface area contributed by atoms with Crippen LogP contribution in [0.4, 0.5) is 0 Å². The monoisotopic (exact) mass is 250 g/mol. The molecule has 0 saturated carbocycles. The molecular weight excluding hydrogens is 228 g/mol. The van der Waals surface area contributed by atoms with E-state index in [1.807, 2.05) is 38.1 Å². The molecule has 0 bridgehead atoms. The lowest BCUT2D eigenvalue weighted by Crippen LogP contribution is -2.27. The van der Waals surface area contributed by atoms with E-state index in [0.717, 1.165) is 11.1 Å². The molecule has 0 radical (unpaired) electrons. The van der Waals surface area contributed by atoms with E-state index < -0.39 is 0 Å². The molecule has 1 aromatic rings. The summed E-state index contributed by atoms with van der Waals surface area (Å²) in [4.78, 5) is 11.6. The van der Waals surface area contributed by atoms with Crippen LogP contribution in [0, 0.1) is 0 Å². The van der Waals surface area contributed by atoms with Crippen LogP contribution < -0.4 is 11.1 Å². The number of rotatable bonds is 7. The molecule has 1 atom stereocenters. The van der Waals surface area contributed by atoms with Crippen molar-refractivity contribution in [2.45, 2.75) is 32.9 Å². The van der Waals surface area contributed by atoms with Gasteiger partial charge < -0.3 is 15.8 Å². The van der Waals surface area contributed by atoms with Crippen LogP contribution in [0.25, 0.3) is 0 Å². The van der Waals surface area contributed by atoms with E-state index >= 15 is 0 Å². The lowest BCUT2D eigenvalue weighted by atomic mass is 10.1. The smallest absolute Gasteiger partial charge is 0.222 e. The third kappa shape index (κ3) is 4.85. The van der Waals surface area contributed by atoms with Crippen LogP contribution in [-0.4, -0.2) is 19.1 Å². The average Bonchev–Trinajstić information content (AvgIpc) is 2.39. The van der Waals surface area contributed by atoms with Crippen LogP contribution in [0.1, 0.15) is 37.4 Å². The summed E-state index contributed by atoms with van der Waals surface area (Å²) in [6.07, 6.45) is 0.402. The van der Waals surface area contributed by atoms with Gasteiger partial charge in [-0.25, -0.2) is 0 Å². The molecule has 4 heteroatoms. The van der Waals surface area contributed by atoms with Crippen LogP contribution in [0.2, 0.25) is 0 Å². The van der Waals surface area contributed by atoms with Crippen molar-refractivity contribution in [2.24, 2.45) is 5.73 Å². The Morgan fingerprint density at radius 3 is 2.61 bits per heavy atom. The molecule has 3 N–H and O–H groups in total. The summed E-state index contributed by atoms with van der Waals surface area (Å²) in [5.41, 5.74) is 7.71. The summed E-state index contributed by atoms with van der Waals surface area (Å²) < 4.78 is 5.15. The van der Waals surface area contributed by atoms with Gasteiger partial charge in [-0.2, -0.15) is 0 Å². The van der Waals surface area contributed by atoms with Crippen molar-refractivity contribution >= 4 is 5.91 Å². The zero-order valence-electron chi connectivity index (χ0n) is 11.1. The largest absolute Gasteiger partial charge is 0.381 e. The second-order valence-electron chi connectivity index (χ2n) is 4.18. The Hall–Kier alpha value is -1.39. The number of ether oxygens (including phenoxy) is 1. The van der Waals surface area contributed by atoms with Crippen LogP contribution in [-0.2, 0) is 16.1 Å². The van der Waals surface area contributed by atoms with E-state index in [4.69, 9.17) is 10.5 Å². The van der Waals surface area contributed by atoms with Gasteiger partial charge in [0.25, 0.3) is 0 Å². The molecule has 1 unspecified atom stereocenters. The maximum atomic E-state index is 11.6. The summed E-state index contributed by atoms with van der Waals surface area (Å²) in [6, 6.07) is 7.97. The topological polar surface area (TPSA) is 64.3 Å². The van der Waals surface area contributed by atoms with Gasteiger partial charge in [0.1, 0.15) is 0 Å². The summed E-state index contributed by atoms with van der Waals surface area (Å²) in [6.45, 7) is 5.54. The molecule has 1 rings (SSSR count). The van der Waals surface area contributed by atoms with Crippen molar-refractivity contribution in [1.82, 2.24) is 5.32 Å². The van der Waals surface area contributed by atoms with Crippen molar-refractivity contribution in [3.8, 4) is 0 Å². The minimum atomic E-state index is 0.00551. The highest BCUT2D eigenvalue weighted by atomic mass is 16.5. The zero-order chi connectivity index (χ0) is 13.4. The normalized spacial score (nSPS) is 12.2. The molecule has 0 fully saturated rings. The Morgan fingerprint density at radius 2 is 2.06 bits per heavy atom. The van der Waals surface area contributed by atoms with E-state index in [-0.39, 0.29) is 11.9 Å². The van der Waals surface area contributed by atoms with Crippen LogP contribution in [0.15, 0.2) is 24.3 Å². The van der Waals surface area contributed by atoms with E-state index in [0.29, 0.717) is 26.2 Å². The Balaban J connectivity index is 2.43. The first-order valence-corrected chi connectivity index (χ1v) is 6.33. The third-order valence-electron chi connectivity index (χ3n) is 2.77. The van der Waals surface area contributed by atoms with Gasteiger partial charge in [-0.05, 0) is 25.0 Å². The Bertz CT molecular complexity index is 363. The molecule has 0 aliphatic heterocycles. The summed E-state index contributed by atoms with van der Waals surface area (Å²) in [7, 11) is 0. The predicted molar refractivity (Wildman–Crippen MR) is 72.0 cm³/mol. The summed E-state index contributed by atoms with van der Waals surface area (Å²) in [5.74, 6) is 0.0128. The van der Waals surface area contributed by atoms with Crippen molar-refractivity contribution in [1.29, 1.82) is 0 Å². The standard InChI is InChI=1S/C14H22N2O2/c1-3-18-9-8-14(17)16-11(2)13-6-4-12(10-15)5-7-13/h4-7,11H,3,8-10,15H2,1-2H3,(H,16,17). The van der Waals surface area contributed by atoms with E-state index in [1.165, 1.54) is 0 Å². The van der Waals surface area contributed by atoms with Gasteiger partial charge >= 0.3 is 0 Å². The van der Waals surface area contributed by atoms with Crippen molar-refractivity contribution in [2.75, 3.05) is 13.2 Å². The minimum Gasteiger partial charge on any atom is -0.381 e. The maximum Gasteiger partial charge on any atom is 0.222 e. The first kappa shape index (κ1) is 14.7. The molecule has 0 aliphatic rings. The van der Waals surface area contributed by atoms with Crippen molar-refractivity contribution in [3.63, 3.8) is 0 Å². The molecule has 1 aromatic carbocycles. The van der Waals surface area contributed by atoms with Gasteiger partial charge in [0.2, 0.25) is 5.91 Å². The average molecular weight is 250 g/mol. The van der Waals surface area contributed by atoms with Crippen LogP contribution in [0.5, 0.6) is 0 Å². The van der Waals surface area contributed by atoms with Gasteiger partial charge in [-0.3, -0.25) is 4.79 Å². The SMILES string of the molecule is CCOCCC(=O)NC(C)c1ccc(CN)cc1. The lowest BCUT2D eigenvalue weighted by molar-refractivity contribution is -0.122. The zero-order valence-corrected chi connectivity index (χ0v) is 11.1. The van der Waals surface area contributed by atoms with Crippen LogP contribution >= 0.6 is 0 Å². The Labute approximate surface area is 109 Å². The van der Waals surface area contributed by atoms with Crippen LogP contribution in [0.3, 0.4) is 0 Å². The molecule has 0 aliphatic carbocycles. The van der Waals surface area contributed by atoms with E-state index in [1.54, 1.807) is 0 Å². The molecular formula is C14H22N2O2. The van der Waals surface area contributed by atoms with Crippen molar-refractivity contribution < 1.29 is 9.53 Å². The third-order valence-corrected chi connectivity index (χ3v) is 2.77. The van der Waals surface area contributed by atoms with Gasteiger partial charge in [-0.1, -0.05) is 24.3 Å². The first-order valence-electron chi connectivity index (χ1n) is 6.33. The highest BCUT2D eigenvalue weighted by Gasteiger charge is 2.09. The van der Waals surface area contributed by atoms with Gasteiger partial charge in [0.15, 0.2) is 0 Å². The highest BCUT2D eigenvalue weighted by molar-refractivity contribution is 5.76. The molecule has 0 spiro atoms. The van der Waals surface area contributed by atoms with Crippen molar-refractivity contribution in [3.05, 3.63) is 35.4 Å². The highest BCUT2D eigenvalue weighted by Crippen LogP contribution is 2.13. The van der Waals surface area contributed by atoms with E-state index in [2.05, 4.69) is 5.32 Å². The lowest BCUT2D eigenvalue weighted by Gasteiger charge is -2.14. The molecule has 0 heterocycles. The van der Waals surface area contributed by atoms with Gasteiger partial charge in [0, 0.05) is 19.6 Å². The maximum absolute atomic E-state index is 11.6. The minimum absolute atomic E-state index is 0.00551. The molecule has 4 nitrogen and oxygen atoms in total. The number of nitrogens with one attached hydrogen (secondary N) is 1. The predicted octanol–water partition coefficient (Wildman–Crippen LogP) is 1.75. The number of hydrogen-bond acceptors (Lipinski definition) is 3. The molecule has 0 aromatic heterocycles. The molecule has 100 valence electrons. The summed E-state index contributed by atoms with van der Waals surface area (Å²) in [5, 5.41) is 2.94. The fourth-order valence-electron chi connectivity index (χ4n) is 1.65. The van der Waals surface area contributed by atoms with Gasteiger partial charge in [-0.15, -0.1) is 0 Å². The second-order valence-corrected chi connectivity index (χ2v) is 4.18. The fourth-order valence-corrected chi connectivity index (χ4v) is 1.65. The Kier molecular flexibility index (Phi) is 6.39. The van der Waals surface area contributed by atoms with Gasteiger partial charge in [0.05, 0.1) is 12.6 Å². The Morgan fingerprint density at radius 1 is 1.39 bits per heavy atom. The molecule has 0 saturated heterocycles. The van der Waals surface area contributed by atoms with E-state index in [9.17, 15) is 4.79 Å². The number of nitrogens with two attached hydrogens (primary N) is 1. The number of carbonyl (C=O) groups excluding carboxylic acids is 1. The fraction of sp³-hybridized carbons (Fsp3) is 0.500. The number of amides is 1. The second kappa shape index (κ2) is 7.84. The summed E-state index contributed by atoms with van der Waals surface area (Å²) >= 11 is 0.